The van der Waals surface area contributed by atoms with Gasteiger partial charge in [-0.3, -0.25) is 9.69 Å². The molecule has 1 heterocycles. The fourth-order valence-corrected chi connectivity index (χ4v) is 3.89. The maximum atomic E-state index is 11.4. The van der Waals surface area contributed by atoms with Crippen LogP contribution in [-0.2, 0) is 11.2 Å². The lowest BCUT2D eigenvalue weighted by Gasteiger charge is -2.42. The molecule has 1 amide bonds. The van der Waals surface area contributed by atoms with E-state index in [4.69, 9.17) is 4.74 Å². The van der Waals surface area contributed by atoms with Gasteiger partial charge in [-0.15, -0.1) is 12.4 Å². The molecule has 4 nitrogen and oxygen atoms in total. The Morgan fingerprint density at radius 3 is 2.68 bits per heavy atom. The third kappa shape index (κ3) is 3.08. The third-order valence-corrected chi connectivity index (χ3v) is 4.96. The summed E-state index contributed by atoms with van der Waals surface area (Å²) < 4.78 is 5.34. The maximum absolute atomic E-state index is 11.4. The summed E-state index contributed by atoms with van der Waals surface area (Å²) in [5.41, 5.74) is 2.61. The second-order valence-electron chi connectivity index (χ2n) is 6.13. The van der Waals surface area contributed by atoms with Crippen molar-refractivity contribution in [3.8, 4) is 5.75 Å². The number of likely N-dealkylation sites (tertiary alicyclic amines) is 1. The van der Waals surface area contributed by atoms with Crippen LogP contribution in [0.5, 0.6) is 5.75 Å². The Kier molecular flexibility index (Phi) is 5.70. The Hall–Kier alpha value is -1.26. The lowest BCUT2D eigenvalue weighted by Crippen LogP contribution is -2.46. The molecule has 2 aliphatic rings. The van der Waals surface area contributed by atoms with Crippen molar-refractivity contribution in [2.45, 2.75) is 37.8 Å². The molecule has 1 aliphatic heterocycles. The molecule has 3 rings (SSSR count). The number of carbonyl (C=O) groups is 1. The fourth-order valence-electron chi connectivity index (χ4n) is 3.89. The number of carbonyl (C=O) groups excluding carboxylic acids is 1. The van der Waals surface area contributed by atoms with Crippen LogP contribution in [-0.4, -0.2) is 49.5 Å². The van der Waals surface area contributed by atoms with Gasteiger partial charge in [0, 0.05) is 13.1 Å². The predicted octanol–water partition coefficient (Wildman–Crippen LogP) is 2.66. The first-order valence-electron chi connectivity index (χ1n) is 7.82. The molecular weight excluding hydrogens is 300 g/mol. The van der Waals surface area contributed by atoms with Crippen LogP contribution in [0.3, 0.4) is 0 Å². The van der Waals surface area contributed by atoms with Crippen LogP contribution in [0.15, 0.2) is 18.2 Å². The van der Waals surface area contributed by atoms with Crippen molar-refractivity contribution in [2.75, 3.05) is 27.2 Å². The number of benzene rings is 1. The van der Waals surface area contributed by atoms with Crippen molar-refractivity contribution in [3.05, 3.63) is 29.3 Å². The molecule has 0 spiro atoms. The van der Waals surface area contributed by atoms with Gasteiger partial charge in [-0.1, -0.05) is 6.07 Å². The summed E-state index contributed by atoms with van der Waals surface area (Å²) in [6.45, 7) is 2.33. The smallest absolute Gasteiger partial charge is 0.210 e. The van der Waals surface area contributed by atoms with Gasteiger partial charge in [0.05, 0.1) is 13.2 Å². The van der Waals surface area contributed by atoms with Gasteiger partial charge in [0.2, 0.25) is 6.41 Å². The number of rotatable bonds is 4. The summed E-state index contributed by atoms with van der Waals surface area (Å²) in [4.78, 5) is 15.8. The van der Waals surface area contributed by atoms with Crippen LogP contribution in [0, 0.1) is 0 Å². The molecule has 1 fully saturated rings. The minimum absolute atomic E-state index is 0. The van der Waals surface area contributed by atoms with E-state index in [-0.39, 0.29) is 18.4 Å². The number of nitrogens with zero attached hydrogens (tertiary/aromatic N) is 2. The van der Waals surface area contributed by atoms with Crippen LogP contribution in [0.25, 0.3) is 0 Å². The van der Waals surface area contributed by atoms with Crippen LogP contribution >= 0.6 is 12.4 Å². The van der Waals surface area contributed by atoms with Crippen molar-refractivity contribution in [3.63, 3.8) is 0 Å². The molecule has 1 aliphatic carbocycles. The number of ether oxygens (including phenoxy) is 1. The van der Waals surface area contributed by atoms with Gasteiger partial charge in [0.25, 0.3) is 0 Å². The first-order valence-corrected chi connectivity index (χ1v) is 7.82. The number of amides is 1. The highest BCUT2D eigenvalue weighted by molar-refractivity contribution is 5.85. The fraction of sp³-hybridized carbons (Fsp3) is 0.588. The molecular formula is C17H25ClN2O2. The van der Waals surface area contributed by atoms with E-state index in [0.717, 1.165) is 25.0 Å². The molecule has 1 aromatic carbocycles. The van der Waals surface area contributed by atoms with E-state index in [1.807, 2.05) is 18.0 Å². The molecule has 122 valence electrons. The Bertz CT molecular complexity index is 517. The maximum Gasteiger partial charge on any atom is 0.210 e. The predicted molar refractivity (Wildman–Crippen MR) is 89.7 cm³/mol. The van der Waals surface area contributed by atoms with Gasteiger partial charge in [-0.2, -0.15) is 0 Å². The molecule has 0 N–H and O–H groups in total. The third-order valence-electron chi connectivity index (χ3n) is 4.96. The number of hydrogen-bond acceptors (Lipinski definition) is 3. The van der Waals surface area contributed by atoms with Crippen molar-refractivity contribution in [1.29, 1.82) is 0 Å². The number of fused-ring (bicyclic) bond motifs is 1. The van der Waals surface area contributed by atoms with E-state index in [9.17, 15) is 4.79 Å². The summed E-state index contributed by atoms with van der Waals surface area (Å²) in [5.74, 6) is 0.904. The molecule has 1 saturated heterocycles. The number of hydrogen-bond donors (Lipinski definition) is 0. The number of aryl methyl sites for hydroxylation is 1. The Labute approximate surface area is 138 Å². The topological polar surface area (TPSA) is 32.8 Å². The number of methoxy groups -OCH3 is 1. The Balaban J connectivity index is 0.00000176. The van der Waals surface area contributed by atoms with Crippen molar-refractivity contribution in [2.24, 2.45) is 0 Å². The molecule has 0 saturated carbocycles. The van der Waals surface area contributed by atoms with Crippen LogP contribution < -0.4 is 4.74 Å². The standard InChI is InChI=1S/C17H24N2O2.ClH/c1-18(12-20)17-15-7-6-14(21-2)11-13(15)5-8-16(17)19-9-3-4-10-19;/h6-7,11-12,16-17H,3-5,8-10H2,1-2H3;1H/t16-,17-;/m0./s1. The van der Waals surface area contributed by atoms with Gasteiger partial charge < -0.3 is 9.64 Å². The zero-order chi connectivity index (χ0) is 14.8. The highest BCUT2D eigenvalue weighted by Crippen LogP contribution is 2.38. The van der Waals surface area contributed by atoms with Gasteiger partial charge in [0.15, 0.2) is 0 Å². The first kappa shape index (κ1) is 17.1. The van der Waals surface area contributed by atoms with Crippen molar-refractivity contribution >= 4 is 18.8 Å². The van der Waals surface area contributed by atoms with Gasteiger partial charge >= 0.3 is 0 Å². The number of halogens is 1. The summed E-state index contributed by atoms with van der Waals surface area (Å²) in [6.07, 6.45) is 5.71. The largest absolute Gasteiger partial charge is 0.497 e. The summed E-state index contributed by atoms with van der Waals surface area (Å²) in [6, 6.07) is 6.89. The summed E-state index contributed by atoms with van der Waals surface area (Å²) in [5, 5.41) is 0. The lowest BCUT2D eigenvalue weighted by atomic mass is 9.82. The molecule has 0 aromatic heterocycles. The molecule has 0 bridgehead atoms. The van der Waals surface area contributed by atoms with Gasteiger partial charge in [0.1, 0.15) is 5.75 Å². The second kappa shape index (κ2) is 7.34. The molecule has 0 unspecified atom stereocenters. The quantitative estimate of drug-likeness (QED) is 0.798. The van der Waals surface area contributed by atoms with Crippen molar-refractivity contribution < 1.29 is 9.53 Å². The van der Waals surface area contributed by atoms with E-state index < -0.39 is 0 Å². The SMILES string of the molecule is COc1ccc2c(c1)CC[C@H](N1CCCC1)[C@H]2N(C)C=O.Cl. The Morgan fingerprint density at radius 2 is 2.05 bits per heavy atom. The van der Waals surface area contributed by atoms with Crippen LogP contribution in [0.4, 0.5) is 0 Å². The van der Waals surface area contributed by atoms with E-state index in [1.54, 1.807) is 7.11 Å². The Morgan fingerprint density at radius 1 is 1.32 bits per heavy atom. The average molecular weight is 325 g/mol. The van der Waals surface area contributed by atoms with E-state index in [0.29, 0.717) is 6.04 Å². The van der Waals surface area contributed by atoms with Gasteiger partial charge in [-0.25, -0.2) is 0 Å². The van der Waals surface area contributed by atoms with Crippen molar-refractivity contribution in [1.82, 2.24) is 9.80 Å². The molecule has 0 radical (unpaired) electrons. The zero-order valence-corrected chi connectivity index (χ0v) is 14.1. The zero-order valence-electron chi connectivity index (χ0n) is 13.3. The van der Waals surface area contributed by atoms with E-state index in [1.165, 1.54) is 37.1 Å². The van der Waals surface area contributed by atoms with E-state index >= 15 is 0 Å². The summed E-state index contributed by atoms with van der Waals surface area (Å²) >= 11 is 0. The normalized spacial score (nSPS) is 24.3. The molecule has 2 atom stereocenters. The second-order valence-corrected chi connectivity index (χ2v) is 6.13. The monoisotopic (exact) mass is 324 g/mol. The van der Waals surface area contributed by atoms with Gasteiger partial charge in [-0.05, 0) is 62.0 Å². The van der Waals surface area contributed by atoms with E-state index in [2.05, 4.69) is 17.0 Å². The van der Waals surface area contributed by atoms with Crippen LogP contribution in [0.2, 0.25) is 0 Å². The molecule has 22 heavy (non-hydrogen) atoms. The highest BCUT2D eigenvalue weighted by Gasteiger charge is 2.36. The first-order chi connectivity index (χ1) is 10.2. The highest BCUT2D eigenvalue weighted by atomic mass is 35.5. The number of likely N-dealkylation sites (N-methyl/N-ethyl adjacent to an activating group) is 1. The minimum atomic E-state index is 0. The molecule has 1 aromatic rings. The lowest BCUT2D eigenvalue weighted by molar-refractivity contribution is -0.120. The summed E-state index contributed by atoms with van der Waals surface area (Å²) in [7, 11) is 3.60. The molecule has 5 heteroatoms. The average Bonchev–Trinajstić information content (AvgIpc) is 3.06. The minimum Gasteiger partial charge on any atom is -0.497 e. The van der Waals surface area contributed by atoms with Crippen LogP contribution in [0.1, 0.15) is 36.4 Å².